The average Bonchev–Trinajstić information content (AvgIpc) is 3.91. The van der Waals surface area contributed by atoms with Gasteiger partial charge in [0.25, 0.3) is 5.91 Å². The molecule has 1 aromatic heterocycles. The summed E-state index contributed by atoms with van der Waals surface area (Å²) >= 11 is 0. The lowest BCUT2D eigenvalue weighted by Crippen LogP contribution is -2.48. The Morgan fingerprint density at radius 2 is 1.67 bits per heavy atom. The minimum atomic E-state index is -1.14. The van der Waals surface area contributed by atoms with Crippen LogP contribution in [0.3, 0.4) is 0 Å². The maximum absolute atomic E-state index is 13.2. The van der Waals surface area contributed by atoms with Crippen LogP contribution in [0.1, 0.15) is 84.1 Å². The van der Waals surface area contributed by atoms with E-state index >= 15 is 0 Å². The molecule has 3 aromatic rings. The van der Waals surface area contributed by atoms with Crippen LogP contribution in [0, 0.1) is 5.41 Å². The second kappa shape index (κ2) is 12.3. The minimum absolute atomic E-state index is 0.0210. The summed E-state index contributed by atoms with van der Waals surface area (Å²) in [7, 11) is 1.66. The number of ether oxygens (including phenoxy) is 4. The van der Waals surface area contributed by atoms with Crippen LogP contribution in [0.15, 0.2) is 60.8 Å². The second-order valence-electron chi connectivity index (χ2n) is 12.9. The molecule has 43 heavy (non-hydrogen) atoms. The largest absolute Gasteiger partial charge is 0.493 e. The van der Waals surface area contributed by atoms with Crippen LogP contribution < -0.4 is 9.47 Å². The molecule has 8 heteroatoms. The van der Waals surface area contributed by atoms with Gasteiger partial charge in [-0.25, -0.2) is 0 Å². The second-order valence-corrected chi connectivity index (χ2v) is 12.9. The summed E-state index contributed by atoms with van der Waals surface area (Å²) in [6.07, 6.45) is 6.31. The number of hydrogen-bond donors (Lipinski definition) is 1. The summed E-state index contributed by atoms with van der Waals surface area (Å²) in [5.41, 5.74) is 5.00. The van der Waals surface area contributed by atoms with E-state index in [9.17, 15) is 9.90 Å². The maximum atomic E-state index is 13.2. The number of methoxy groups -OCH3 is 1. The van der Waals surface area contributed by atoms with Gasteiger partial charge in [-0.15, -0.1) is 0 Å². The molecule has 1 aliphatic heterocycles. The van der Waals surface area contributed by atoms with Gasteiger partial charge in [-0.3, -0.25) is 9.78 Å². The fraction of sp³-hybridized carbons (Fsp3) is 0.486. The zero-order chi connectivity index (χ0) is 30.0. The Bertz CT molecular complexity index is 1420. The van der Waals surface area contributed by atoms with E-state index in [1.165, 1.54) is 18.4 Å². The molecule has 8 nitrogen and oxygen atoms in total. The molecule has 3 aliphatic rings. The number of carbonyl (C=O) groups is 1. The van der Waals surface area contributed by atoms with E-state index in [1.807, 2.05) is 29.2 Å². The Hall–Kier alpha value is -3.46. The topological polar surface area (TPSA) is 90.4 Å². The molecule has 3 fully saturated rings. The Morgan fingerprint density at radius 1 is 0.930 bits per heavy atom. The number of aliphatic hydroxyl groups is 1. The van der Waals surface area contributed by atoms with Gasteiger partial charge in [0.05, 0.1) is 26.9 Å². The normalized spacial score (nSPS) is 17.8. The van der Waals surface area contributed by atoms with E-state index in [-0.39, 0.29) is 17.2 Å². The monoisotopic (exact) mass is 586 g/mol. The summed E-state index contributed by atoms with van der Waals surface area (Å²) < 4.78 is 23.3. The molecule has 0 bridgehead atoms. The Kier molecular flexibility index (Phi) is 8.45. The van der Waals surface area contributed by atoms with Crippen LogP contribution >= 0.6 is 0 Å². The van der Waals surface area contributed by atoms with Crippen LogP contribution in [-0.2, 0) is 22.7 Å². The first-order chi connectivity index (χ1) is 20.7. The highest BCUT2D eigenvalue weighted by Crippen LogP contribution is 2.46. The van der Waals surface area contributed by atoms with Crippen molar-refractivity contribution in [3.8, 4) is 11.5 Å². The number of nitrogens with zero attached hydrogens (tertiary/aromatic N) is 2. The third-order valence-electron chi connectivity index (χ3n) is 8.66. The SMILES string of the molecule is COc1cc(C2CN(C(=O)c3cc(COCC4(COC(C)(C)O)CC4)ccn3)C2)ccc1OCc1ccc(C2CC2)cc1. The zero-order valence-electron chi connectivity index (χ0n) is 25.4. The van der Waals surface area contributed by atoms with E-state index in [1.54, 1.807) is 27.2 Å². The van der Waals surface area contributed by atoms with Gasteiger partial charge in [-0.05, 0) is 92.0 Å². The summed E-state index contributed by atoms with van der Waals surface area (Å²) in [5.74, 6) is 1.18. The van der Waals surface area contributed by atoms with Crippen molar-refractivity contribution in [2.24, 2.45) is 5.41 Å². The first-order valence-electron chi connectivity index (χ1n) is 15.3. The number of likely N-dealkylation sites (tertiary alicyclic amines) is 1. The quantitative estimate of drug-likeness (QED) is 0.238. The highest BCUT2D eigenvalue weighted by Gasteiger charge is 2.44. The number of amides is 1. The number of hydrogen-bond acceptors (Lipinski definition) is 7. The first kappa shape index (κ1) is 29.6. The molecule has 228 valence electrons. The van der Waals surface area contributed by atoms with E-state index < -0.39 is 5.79 Å². The summed E-state index contributed by atoms with van der Waals surface area (Å²) in [4.78, 5) is 19.3. The van der Waals surface area contributed by atoms with Crippen molar-refractivity contribution in [2.75, 3.05) is 33.4 Å². The molecule has 0 unspecified atom stereocenters. The van der Waals surface area contributed by atoms with Gasteiger partial charge < -0.3 is 29.0 Å². The lowest BCUT2D eigenvalue weighted by molar-refractivity contribution is -0.189. The van der Waals surface area contributed by atoms with Crippen LogP contribution in [0.2, 0.25) is 0 Å². The average molecular weight is 587 g/mol. The lowest BCUT2D eigenvalue weighted by Gasteiger charge is -2.39. The van der Waals surface area contributed by atoms with Gasteiger partial charge in [-0.2, -0.15) is 0 Å². The number of pyridine rings is 1. The standard InChI is InChI=1S/C35H42N2O6/c1-34(2,39)43-23-35(13-14-35)22-41-20-25-12-15-36-30(16-25)33(38)37-18-29(19-37)28-10-11-31(32(17-28)40-3)42-21-24-4-6-26(7-5-24)27-8-9-27/h4-7,10-12,15-17,27,29,39H,8-9,13-14,18-23H2,1-3H3. The molecule has 0 atom stereocenters. The fourth-order valence-corrected chi connectivity index (χ4v) is 5.44. The molecule has 6 rings (SSSR count). The van der Waals surface area contributed by atoms with Crippen molar-refractivity contribution in [2.45, 2.75) is 70.4 Å². The number of rotatable bonds is 14. The predicted octanol–water partition coefficient (Wildman–Crippen LogP) is 5.83. The molecule has 1 amide bonds. The molecule has 1 N–H and O–H groups in total. The Morgan fingerprint density at radius 3 is 2.35 bits per heavy atom. The predicted molar refractivity (Wildman–Crippen MR) is 162 cm³/mol. The summed E-state index contributed by atoms with van der Waals surface area (Å²) in [6.45, 7) is 6.45. The molecular weight excluding hydrogens is 544 g/mol. The van der Waals surface area contributed by atoms with Crippen LogP contribution in [0.5, 0.6) is 11.5 Å². The summed E-state index contributed by atoms with van der Waals surface area (Å²) in [5, 5.41) is 9.84. The van der Waals surface area contributed by atoms with E-state index in [2.05, 4.69) is 35.3 Å². The van der Waals surface area contributed by atoms with Crippen molar-refractivity contribution in [3.63, 3.8) is 0 Å². The first-order valence-corrected chi connectivity index (χ1v) is 15.3. The number of carbonyl (C=O) groups excluding carboxylic acids is 1. The molecule has 2 heterocycles. The number of benzene rings is 2. The van der Waals surface area contributed by atoms with Crippen LogP contribution in [0.4, 0.5) is 0 Å². The Labute approximate surface area is 253 Å². The highest BCUT2D eigenvalue weighted by molar-refractivity contribution is 5.93. The fourth-order valence-electron chi connectivity index (χ4n) is 5.44. The highest BCUT2D eigenvalue weighted by atomic mass is 16.6. The smallest absolute Gasteiger partial charge is 0.272 e. The molecule has 2 saturated carbocycles. The molecule has 0 radical (unpaired) electrons. The molecule has 0 spiro atoms. The van der Waals surface area contributed by atoms with Gasteiger partial charge in [-0.1, -0.05) is 30.3 Å². The zero-order valence-corrected chi connectivity index (χ0v) is 25.4. The number of aromatic nitrogens is 1. The van der Waals surface area contributed by atoms with E-state index in [4.69, 9.17) is 18.9 Å². The van der Waals surface area contributed by atoms with Crippen LogP contribution in [-0.4, -0.2) is 60.1 Å². The van der Waals surface area contributed by atoms with E-state index in [0.29, 0.717) is 56.7 Å². The third kappa shape index (κ3) is 7.55. The van der Waals surface area contributed by atoms with Gasteiger partial charge in [0.15, 0.2) is 17.3 Å². The van der Waals surface area contributed by atoms with Gasteiger partial charge in [0, 0.05) is 30.6 Å². The maximum Gasteiger partial charge on any atom is 0.272 e. The van der Waals surface area contributed by atoms with Gasteiger partial charge in [0.2, 0.25) is 0 Å². The molecular formula is C35H42N2O6. The van der Waals surface area contributed by atoms with Crippen molar-refractivity contribution in [1.82, 2.24) is 9.88 Å². The minimum Gasteiger partial charge on any atom is -0.493 e. The molecule has 1 saturated heterocycles. The van der Waals surface area contributed by atoms with Crippen molar-refractivity contribution in [1.29, 1.82) is 0 Å². The van der Waals surface area contributed by atoms with E-state index in [0.717, 1.165) is 35.4 Å². The van der Waals surface area contributed by atoms with Crippen molar-refractivity contribution >= 4 is 5.91 Å². The van der Waals surface area contributed by atoms with Crippen LogP contribution in [0.25, 0.3) is 0 Å². The molecule has 2 aliphatic carbocycles. The summed E-state index contributed by atoms with van der Waals surface area (Å²) in [6, 6.07) is 18.5. The van der Waals surface area contributed by atoms with Crippen molar-refractivity contribution < 1.29 is 28.8 Å². The van der Waals surface area contributed by atoms with Gasteiger partial charge in [0.1, 0.15) is 12.3 Å². The Balaban J connectivity index is 0.980. The van der Waals surface area contributed by atoms with Gasteiger partial charge >= 0.3 is 0 Å². The molecule has 2 aromatic carbocycles. The third-order valence-corrected chi connectivity index (χ3v) is 8.66. The lowest BCUT2D eigenvalue weighted by atomic mass is 9.91. The van der Waals surface area contributed by atoms with Crippen molar-refractivity contribution in [3.05, 3.63) is 88.7 Å².